The molecule has 1 aliphatic rings. The molecule has 1 atom stereocenters. The van der Waals surface area contributed by atoms with Crippen LogP contribution in [0.2, 0.25) is 0 Å². The molecular weight excluding hydrogens is 230 g/mol. The molecule has 84 valence electrons. The maximum Gasteiger partial charge on any atom is 0.154 e. The van der Waals surface area contributed by atoms with E-state index in [1.165, 1.54) is 0 Å². The van der Waals surface area contributed by atoms with Crippen LogP contribution < -0.4 is 5.32 Å². The molecule has 15 heavy (non-hydrogen) atoms. The summed E-state index contributed by atoms with van der Waals surface area (Å²) in [6.45, 7) is 1.47. The summed E-state index contributed by atoms with van der Waals surface area (Å²) in [4.78, 5) is 1.16. The van der Waals surface area contributed by atoms with Gasteiger partial charge in [0.2, 0.25) is 0 Å². The van der Waals surface area contributed by atoms with Crippen molar-refractivity contribution < 1.29 is 8.42 Å². The van der Waals surface area contributed by atoms with E-state index in [1.807, 2.05) is 17.5 Å². The lowest BCUT2D eigenvalue weighted by Crippen LogP contribution is -2.26. The summed E-state index contributed by atoms with van der Waals surface area (Å²) in [7, 11) is -2.89. The highest BCUT2D eigenvalue weighted by molar-refractivity contribution is 7.92. The first kappa shape index (κ1) is 11.1. The summed E-state index contributed by atoms with van der Waals surface area (Å²) >= 11 is 1.63. The summed E-state index contributed by atoms with van der Waals surface area (Å²) in [5.74, 6) is 0.292. The number of hydrogen-bond donors (Lipinski definition) is 1. The van der Waals surface area contributed by atoms with E-state index in [1.54, 1.807) is 11.3 Å². The van der Waals surface area contributed by atoms with E-state index in [0.29, 0.717) is 18.7 Å². The molecule has 1 saturated heterocycles. The van der Waals surface area contributed by atoms with Crippen molar-refractivity contribution in [2.24, 2.45) is 0 Å². The van der Waals surface area contributed by atoms with Crippen LogP contribution in [0.15, 0.2) is 17.5 Å². The SMILES string of the molecule is O=S(=O)(CCc1cccs1)C1CCNC1. The monoisotopic (exact) mass is 245 g/mol. The second kappa shape index (κ2) is 4.63. The summed E-state index contributed by atoms with van der Waals surface area (Å²) in [6.07, 6.45) is 1.43. The second-order valence-electron chi connectivity index (χ2n) is 3.81. The average molecular weight is 245 g/mol. The smallest absolute Gasteiger partial charge is 0.154 e. The fraction of sp³-hybridized carbons (Fsp3) is 0.600. The van der Waals surface area contributed by atoms with Crippen molar-refractivity contribution in [3.05, 3.63) is 22.4 Å². The van der Waals surface area contributed by atoms with Crippen LogP contribution in [-0.2, 0) is 16.3 Å². The highest BCUT2D eigenvalue weighted by Gasteiger charge is 2.27. The van der Waals surface area contributed by atoms with Gasteiger partial charge in [0.25, 0.3) is 0 Å². The normalized spacial score (nSPS) is 22.0. The summed E-state index contributed by atoms with van der Waals surface area (Å²) < 4.78 is 23.8. The van der Waals surface area contributed by atoms with Crippen molar-refractivity contribution in [3.63, 3.8) is 0 Å². The minimum Gasteiger partial charge on any atom is -0.315 e. The molecule has 1 aromatic heterocycles. The number of nitrogens with one attached hydrogen (secondary N) is 1. The van der Waals surface area contributed by atoms with Gasteiger partial charge in [0.05, 0.1) is 11.0 Å². The van der Waals surface area contributed by atoms with Crippen molar-refractivity contribution >= 4 is 21.2 Å². The van der Waals surface area contributed by atoms with Crippen LogP contribution in [0, 0.1) is 0 Å². The zero-order valence-corrected chi connectivity index (χ0v) is 10.1. The van der Waals surface area contributed by atoms with E-state index in [4.69, 9.17) is 0 Å². The fourth-order valence-electron chi connectivity index (χ4n) is 1.80. The van der Waals surface area contributed by atoms with Crippen LogP contribution in [0.4, 0.5) is 0 Å². The largest absolute Gasteiger partial charge is 0.315 e. The molecule has 1 aliphatic heterocycles. The molecule has 1 fully saturated rings. The Morgan fingerprint density at radius 2 is 2.40 bits per heavy atom. The van der Waals surface area contributed by atoms with Crippen LogP contribution in [0.1, 0.15) is 11.3 Å². The first-order chi connectivity index (χ1) is 7.18. The minimum absolute atomic E-state index is 0.155. The lowest BCUT2D eigenvalue weighted by atomic mass is 10.4. The first-order valence-corrected chi connectivity index (χ1v) is 7.73. The molecule has 0 radical (unpaired) electrons. The number of thiophene rings is 1. The number of rotatable bonds is 4. The van der Waals surface area contributed by atoms with E-state index in [-0.39, 0.29) is 5.25 Å². The van der Waals surface area contributed by atoms with Crippen LogP contribution in [0.5, 0.6) is 0 Å². The standard InChI is InChI=1S/C10H15NO2S2/c12-15(13,10-3-5-11-8-10)7-4-9-2-1-6-14-9/h1-2,6,10-11H,3-5,7-8H2. The van der Waals surface area contributed by atoms with E-state index < -0.39 is 9.84 Å². The molecule has 2 rings (SSSR count). The Morgan fingerprint density at radius 3 is 3.00 bits per heavy atom. The average Bonchev–Trinajstić information content (AvgIpc) is 2.88. The summed E-state index contributed by atoms with van der Waals surface area (Å²) in [5.41, 5.74) is 0. The van der Waals surface area contributed by atoms with Crippen molar-refractivity contribution in [2.75, 3.05) is 18.8 Å². The molecule has 2 heterocycles. The van der Waals surface area contributed by atoms with Gasteiger partial charge >= 0.3 is 0 Å². The topological polar surface area (TPSA) is 46.2 Å². The molecule has 0 aliphatic carbocycles. The zero-order chi connectivity index (χ0) is 10.7. The van der Waals surface area contributed by atoms with Gasteiger partial charge in [-0.1, -0.05) is 6.07 Å². The van der Waals surface area contributed by atoms with E-state index in [9.17, 15) is 8.42 Å². The molecule has 0 saturated carbocycles. The van der Waals surface area contributed by atoms with E-state index in [0.717, 1.165) is 17.8 Å². The van der Waals surface area contributed by atoms with Gasteiger partial charge in [-0.15, -0.1) is 11.3 Å². The first-order valence-electron chi connectivity index (χ1n) is 5.13. The Labute approximate surface area is 94.4 Å². The Bertz CT molecular complexity index is 391. The molecule has 0 amide bonds. The van der Waals surface area contributed by atoms with Crippen molar-refractivity contribution in [3.8, 4) is 0 Å². The molecule has 1 aromatic rings. The van der Waals surface area contributed by atoms with Crippen molar-refractivity contribution in [2.45, 2.75) is 18.1 Å². The molecule has 0 spiro atoms. The molecule has 1 N–H and O–H groups in total. The van der Waals surface area contributed by atoms with Gasteiger partial charge in [-0.2, -0.15) is 0 Å². The van der Waals surface area contributed by atoms with Gasteiger partial charge in [0, 0.05) is 11.4 Å². The van der Waals surface area contributed by atoms with Crippen molar-refractivity contribution in [1.82, 2.24) is 5.32 Å². The fourth-order valence-corrected chi connectivity index (χ4v) is 4.32. The quantitative estimate of drug-likeness (QED) is 0.863. The van der Waals surface area contributed by atoms with Gasteiger partial charge in [-0.25, -0.2) is 8.42 Å². The van der Waals surface area contributed by atoms with Crippen LogP contribution >= 0.6 is 11.3 Å². The van der Waals surface area contributed by atoms with Gasteiger partial charge in [0.1, 0.15) is 0 Å². The zero-order valence-electron chi connectivity index (χ0n) is 8.48. The van der Waals surface area contributed by atoms with Gasteiger partial charge < -0.3 is 5.32 Å². The predicted molar refractivity (Wildman–Crippen MR) is 63.1 cm³/mol. The Morgan fingerprint density at radius 1 is 1.53 bits per heavy atom. The molecular formula is C10H15NO2S2. The summed E-state index contributed by atoms with van der Waals surface area (Å²) in [6, 6.07) is 3.96. The Kier molecular flexibility index (Phi) is 3.43. The second-order valence-corrected chi connectivity index (χ2v) is 7.24. The van der Waals surface area contributed by atoms with E-state index >= 15 is 0 Å². The van der Waals surface area contributed by atoms with Gasteiger partial charge in [0.15, 0.2) is 9.84 Å². The van der Waals surface area contributed by atoms with Crippen LogP contribution in [0.25, 0.3) is 0 Å². The molecule has 1 unspecified atom stereocenters. The highest BCUT2D eigenvalue weighted by atomic mass is 32.2. The lowest BCUT2D eigenvalue weighted by molar-refractivity contribution is 0.582. The Balaban J connectivity index is 1.93. The van der Waals surface area contributed by atoms with Crippen molar-refractivity contribution in [1.29, 1.82) is 0 Å². The number of aryl methyl sites for hydroxylation is 1. The predicted octanol–water partition coefficient (Wildman–Crippen LogP) is 1.07. The molecule has 3 nitrogen and oxygen atoms in total. The van der Waals surface area contributed by atoms with Gasteiger partial charge in [-0.05, 0) is 30.8 Å². The van der Waals surface area contributed by atoms with Crippen LogP contribution in [-0.4, -0.2) is 32.5 Å². The lowest BCUT2D eigenvalue weighted by Gasteiger charge is -2.09. The third-order valence-electron chi connectivity index (χ3n) is 2.74. The van der Waals surface area contributed by atoms with Crippen LogP contribution in [0.3, 0.4) is 0 Å². The molecule has 5 heteroatoms. The minimum atomic E-state index is -2.89. The molecule has 0 aromatic carbocycles. The van der Waals surface area contributed by atoms with Gasteiger partial charge in [-0.3, -0.25) is 0 Å². The maximum absolute atomic E-state index is 11.9. The maximum atomic E-state index is 11.9. The third kappa shape index (κ3) is 2.80. The number of sulfone groups is 1. The third-order valence-corrected chi connectivity index (χ3v) is 5.86. The van der Waals surface area contributed by atoms with E-state index in [2.05, 4.69) is 5.32 Å². The Hall–Kier alpha value is -0.390. The summed E-state index contributed by atoms with van der Waals surface area (Å²) in [5, 5.41) is 4.93. The highest BCUT2D eigenvalue weighted by Crippen LogP contribution is 2.15. The molecule has 0 bridgehead atoms. The number of hydrogen-bond acceptors (Lipinski definition) is 4.